The standard InChI is InChI=1S/C16H16N4O2S/c1-11-17-8-14(19-15(21)9-22-2)20(11)16-18-13(10-23-16)12-6-4-3-5-7-12/h3-8,10H,9H2,1-2H3,(H,19,21). The second-order valence-corrected chi connectivity index (χ2v) is 5.73. The maximum atomic E-state index is 11.7. The number of thiazole rings is 1. The number of ether oxygens (including phenoxy) is 1. The monoisotopic (exact) mass is 328 g/mol. The lowest BCUT2D eigenvalue weighted by atomic mass is 10.2. The number of carbonyl (C=O) groups is 1. The molecular formula is C16H16N4O2S. The van der Waals surface area contributed by atoms with Gasteiger partial charge < -0.3 is 10.1 Å². The van der Waals surface area contributed by atoms with Gasteiger partial charge in [-0.1, -0.05) is 30.3 Å². The van der Waals surface area contributed by atoms with Gasteiger partial charge in [0.1, 0.15) is 18.2 Å². The number of aromatic nitrogens is 3. The van der Waals surface area contributed by atoms with Crippen molar-refractivity contribution in [2.45, 2.75) is 6.92 Å². The van der Waals surface area contributed by atoms with Crippen molar-refractivity contribution in [2.75, 3.05) is 19.0 Å². The summed E-state index contributed by atoms with van der Waals surface area (Å²) in [7, 11) is 1.48. The van der Waals surface area contributed by atoms with E-state index < -0.39 is 0 Å². The second-order valence-electron chi connectivity index (χ2n) is 4.89. The molecule has 3 rings (SSSR count). The Morgan fingerprint density at radius 2 is 2.13 bits per heavy atom. The van der Waals surface area contributed by atoms with Gasteiger partial charge in [0.2, 0.25) is 0 Å². The molecular weight excluding hydrogens is 312 g/mol. The predicted molar refractivity (Wildman–Crippen MR) is 89.9 cm³/mol. The smallest absolute Gasteiger partial charge is 0.251 e. The number of hydrogen-bond donors (Lipinski definition) is 1. The van der Waals surface area contributed by atoms with Crippen LogP contribution < -0.4 is 5.32 Å². The largest absolute Gasteiger partial charge is 0.375 e. The molecule has 7 heteroatoms. The first-order valence-corrected chi connectivity index (χ1v) is 7.91. The number of benzene rings is 1. The Morgan fingerprint density at radius 3 is 2.87 bits per heavy atom. The summed E-state index contributed by atoms with van der Waals surface area (Å²) < 4.78 is 6.66. The molecule has 23 heavy (non-hydrogen) atoms. The summed E-state index contributed by atoms with van der Waals surface area (Å²) in [6, 6.07) is 9.96. The van der Waals surface area contributed by atoms with Crippen molar-refractivity contribution in [3.63, 3.8) is 0 Å². The van der Waals surface area contributed by atoms with Gasteiger partial charge in [-0.15, -0.1) is 11.3 Å². The van der Waals surface area contributed by atoms with E-state index in [-0.39, 0.29) is 12.5 Å². The van der Waals surface area contributed by atoms with Crippen LogP contribution in [0.25, 0.3) is 16.4 Å². The molecule has 1 aromatic carbocycles. The fourth-order valence-electron chi connectivity index (χ4n) is 2.19. The van der Waals surface area contributed by atoms with E-state index in [2.05, 4.69) is 15.3 Å². The van der Waals surface area contributed by atoms with Crippen molar-refractivity contribution in [3.05, 3.63) is 47.7 Å². The first kappa shape index (κ1) is 15.4. The van der Waals surface area contributed by atoms with Crippen LogP contribution >= 0.6 is 11.3 Å². The van der Waals surface area contributed by atoms with Crippen LogP contribution in [0.5, 0.6) is 0 Å². The Kier molecular flexibility index (Phi) is 4.50. The number of carbonyl (C=O) groups excluding carboxylic acids is 1. The summed E-state index contributed by atoms with van der Waals surface area (Å²) in [5.74, 6) is 1.11. The van der Waals surface area contributed by atoms with Gasteiger partial charge in [-0.05, 0) is 6.92 Å². The quantitative estimate of drug-likeness (QED) is 0.782. The molecule has 2 heterocycles. The Labute approximate surface area is 137 Å². The summed E-state index contributed by atoms with van der Waals surface area (Å²) in [6.45, 7) is 1.87. The van der Waals surface area contributed by atoms with E-state index in [1.807, 2.05) is 47.2 Å². The Morgan fingerprint density at radius 1 is 1.35 bits per heavy atom. The van der Waals surface area contributed by atoms with Gasteiger partial charge in [0.15, 0.2) is 5.13 Å². The van der Waals surface area contributed by atoms with Crippen LogP contribution in [0.15, 0.2) is 41.9 Å². The number of methoxy groups -OCH3 is 1. The number of nitrogens with zero attached hydrogens (tertiary/aromatic N) is 3. The highest BCUT2D eigenvalue weighted by molar-refractivity contribution is 7.12. The van der Waals surface area contributed by atoms with E-state index in [4.69, 9.17) is 4.74 Å². The lowest BCUT2D eigenvalue weighted by Crippen LogP contribution is -2.19. The third kappa shape index (κ3) is 3.30. The van der Waals surface area contributed by atoms with E-state index in [0.29, 0.717) is 5.82 Å². The van der Waals surface area contributed by atoms with E-state index in [9.17, 15) is 4.79 Å². The maximum absolute atomic E-state index is 11.7. The summed E-state index contributed by atoms with van der Waals surface area (Å²) in [6.07, 6.45) is 1.62. The van der Waals surface area contributed by atoms with E-state index in [0.717, 1.165) is 22.2 Å². The van der Waals surface area contributed by atoms with Crippen LogP contribution in [-0.4, -0.2) is 34.2 Å². The molecule has 2 aromatic heterocycles. The van der Waals surface area contributed by atoms with Crippen molar-refractivity contribution < 1.29 is 9.53 Å². The topological polar surface area (TPSA) is 69.0 Å². The summed E-state index contributed by atoms with van der Waals surface area (Å²) in [5.41, 5.74) is 1.95. The molecule has 1 amide bonds. The highest BCUT2D eigenvalue weighted by Crippen LogP contribution is 2.27. The fourth-order valence-corrected chi connectivity index (χ4v) is 3.09. The molecule has 0 aliphatic rings. The van der Waals surface area contributed by atoms with Gasteiger partial charge in [-0.2, -0.15) is 0 Å². The number of rotatable bonds is 5. The molecule has 1 N–H and O–H groups in total. The lowest BCUT2D eigenvalue weighted by molar-refractivity contribution is -0.119. The van der Waals surface area contributed by atoms with Gasteiger partial charge in [-0.3, -0.25) is 9.36 Å². The molecule has 0 spiro atoms. The van der Waals surface area contributed by atoms with Gasteiger partial charge >= 0.3 is 0 Å². The lowest BCUT2D eigenvalue weighted by Gasteiger charge is -2.08. The van der Waals surface area contributed by atoms with Crippen LogP contribution in [0, 0.1) is 6.92 Å². The predicted octanol–water partition coefficient (Wildman–Crippen LogP) is 2.89. The van der Waals surface area contributed by atoms with Crippen LogP contribution in [-0.2, 0) is 9.53 Å². The average Bonchev–Trinajstić information content (AvgIpc) is 3.15. The minimum atomic E-state index is -0.228. The van der Waals surface area contributed by atoms with Gasteiger partial charge in [0.05, 0.1) is 11.9 Å². The third-order valence-corrected chi connectivity index (χ3v) is 4.06. The highest BCUT2D eigenvalue weighted by Gasteiger charge is 2.15. The van der Waals surface area contributed by atoms with Crippen LogP contribution in [0.2, 0.25) is 0 Å². The Balaban J connectivity index is 1.92. The Hall–Kier alpha value is -2.51. The number of imidazole rings is 1. The van der Waals surface area contributed by atoms with Crippen LogP contribution in [0.4, 0.5) is 5.82 Å². The molecule has 0 aliphatic heterocycles. The van der Waals surface area contributed by atoms with Gasteiger partial charge in [0, 0.05) is 18.1 Å². The first-order chi connectivity index (χ1) is 11.2. The van der Waals surface area contributed by atoms with E-state index >= 15 is 0 Å². The number of nitrogens with one attached hydrogen (secondary N) is 1. The van der Waals surface area contributed by atoms with Gasteiger partial charge in [0.25, 0.3) is 5.91 Å². The molecule has 3 aromatic rings. The summed E-state index contributed by atoms with van der Waals surface area (Å²) in [4.78, 5) is 20.7. The zero-order valence-corrected chi connectivity index (χ0v) is 13.6. The SMILES string of the molecule is COCC(=O)Nc1cnc(C)n1-c1nc(-c2ccccc2)cs1. The van der Waals surface area contributed by atoms with Crippen molar-refractivity contribution in [2.24, 2.45) is 0 Å². The Bertz CT molecular complexity index is 811. The third-order valence-electron chi connectivity index (χ3n) is 3.23. The molecule has 118 valence electrons. The minimum absolute atomic E-state index is 0.00262. The van der Waals surface area contributed by atoms with Crippen LogP contribution in [0.3, 0.4) is 0 Å². The maximum Gasteiger partial charge on any atom is 0.251 e. The molecule has 0 aliphatic carbocycles. The van der Waals surface area contributed by atoms with E-state index in [1.165, 1.54) is 18.4 Å². The van der Waals surface area contributed by atoms with Crippen LogP contribution in [0.1, 0.15) is 5.82 Å². The first-order valence-electron chi connectivity index (χ1n) is 7.03. The van der Waals surface area contributed by atoms with E-state index in [1.54, 1.807) is 6.20 Å². The average molecular weight is 328 g/mol. The number of anilines is 1. The molecule has 0 fully saturated rings. The normalized spacial score (nSPS) is 10.7. The molecule has 0 atom stereocenters. The molecule has 0 saturated heterocycles. The molecule has 0 saturated carbocycles. The zero-order chi connectivity index (χ0) is 16.2. The summed E-state index contributed by atoms with van der Waals surface area (Å²) >= 11 is 1.50. The highest BCUT2D eigenvalue weighted by atomic mass is 32.1. The molecule has 0 bridgehead atoms. The molecule has 0 unspecified atom stereocenters. The number of amides is 1. The minimum Gasteiger partial charge on any atom is -0.375 e. The second kappa shape index (κ2) is 6.72. The van der Waals surface area contributed by atoms with Gasteiger partial charge in [-0.25, -0.2) is 9.97 Å². The molecule has 6 nitrogen and oxygen atoms in total. The zero-order valence-electron chi connectivity index (χ0n) is 12.8. The molecule has 0 radical (unpaired) electrons. The van der Waals surface area contributed by atoms with Crippen molar-refractivity contribution in [1.82, 2.24) is 14.5 Å². The van der Waals surface area contributed by atoms with Crippen molar-refractivity contribution in [1.29, 1.82) is 0 Å². The number of aryl methyl sites for hydroxylation is 1. The van der Waals surface area contributed by atoms with Crippen molar-refractivity contribution >= 4 is 23.1 Å². The van der Waals surface area contributed by atoms with Crippen molar-refractivity contribution in [3.8, 4) is 16.4 Å². The fraction of sp³-hybridized carbons (Fsp3) is 0.188. The summed E-state index contributed by atoms with van der Waals surface area (Å²) in [5, 5.41) is 5.53. The number of hydrogen-bond acceptors (Lipinski definition) is 5.